The van der Waals surface area contributed by atoms with Crippen LogP contribution in [-0.4, -0.2) is 11.6 Å². The first-order valence-electron chi connectivity index (χ1n) is 3.73. The van der Waals surface area contributed by atoms with E-state index < -0.39 is 5.92 Å². The first-order chi connectivity index (χ1) is 5.09. The molecule has 2 nitrogen and oxygen atoms in total. The van der Waals surface area contributed by atoms with Gasteiger partial charge in [0, 0.05) is 6.42 Å². The van der Waals surface area contributed by atoms with E-state index in [4.69, 9.17) is 0 Å². The van der Waals surface area contributed by atoms with Crippen molar-refractivity contribution >= 4 is 11.6 Å². The van der Waals surface area contributed by atoms with Crippen molar-refractivity contribution in [3.8, 4) is 0 Å². The predicted molar refractivity (Wildman–Crippen MR) is 44.3 cm³/mol. The van der Waals surface area contributed by atoms with Crippen molar-refractivity contribution in [2.45, 2.75) is 26.7 Å². The van der Waals surface area contributed by atoms with Crippen LogP contribution in [0.5, 0.6) is 0 Å². The second-order valence-corrected chi connectivity index (χ2v) is 2.63. The highest BCUT2D eigenvalue weighted by atomic mass is 16.1. The summed E-state index contributed by atoms with van der Waals surface area (Å²) in [7, 11) is 0. The fourth-order valence-corrected chi connectivity index (χ4v) is 0.688. The maximum Gasteiger partial charge on any atom is 0.143 e. The van der Waals surface area contributed by atoms with Gasteiger partial charge in [0.25, 0.3) is 0 Å². The summed E-state index contributed by atoms with van der Waals surface area (Å²) in [5.74, 6) is -0.480. The lowest BCUT2D eigenvalue weighted by atomic mass is 9.99. The zero-order chi connectivity index (χ0) is 8.85. The fourth-order valence-electron chi connectivity index (χ4n) is 0.688. The van der Waals surface area contributed by atoms with Gasteiger partial charge in [-0.3, -0.25) is 9.59 Å². The van der Waals surface area contributed by atoms with Gasteiger partial charge in [0.1, 0.15) is 11.6 Å². The van der Waals surface area contributed by atoms with Crippen LogP contribution in [0, 0.1) is 5.92 Å². The number of hydrogen-bond acceptors (Lipinski definition) is 2. The minimum absolute atomic E-state index is 0.0115. The highest BCUT2D eigenvalue weighted by molar-refractivity contribution is 6.00. The molecule has 0 amide bonds. The van der Waals surface area contributed by atoms with Gasteiger partial charge in [-0.25, -0.2) is 0 Å². The Morgan fingerprint density at radius 3 is 2.45 bits per heavy atom. The molecule has 0 N–H and O–H groups in total. The number of Topliss-reactive ketones (excluding diaryl/α,β-unsaturated/α-hetero) is 2. The Labute approximate surface area is 67.3 Å². The van der Waals surface area contributed by atoms with E-state index >= 15 is 0 Å². The largest absolute Gasteiger partial charge is 0.299 e. The first kappa shape index (κ1) is 10.1. The monoisotopic (exact) mass is 154 g/mol. The molecule has 62 valence electrons. The summed E-state index contributed by atoms with van der Waals surface area (Å²) in [5.41, 5.74) is 0. The molecular weight excluding hydrogens is 140 g/mol. The van der Waals surface area contributed by atoms with Gasteiger partial charge in [0.15, 0.2) is 0 Å². The van der Waals surface area contributed by atoms with Gasteiger partial charge < -0.3 is 0 Å². The summed E-state index contributed by atoms with van der Waals surface area (Å²) in [6.45, 7) is 6.59. The van der Waals surface area contributed by atoms with Crippen molar-refractivity contribution in [3.05, 3.63) is 12.7 Å². The molecule has 0 aliphatic carbocycles. The molecule has 1 unspecified atom stereocenters. The van der Waals surface area contributed by atoms with Crippen molar-refractivity contribution in [2.24, 2.45) is 5.92 Å². The van der Waals surface area contributed by atoms with Crippen LogP contribution in [0.2, 0.25) is 0 Å². The van der Waals surface area contributed by atoms with Crippen molar-refractivity contribution < 1.29 is 9.59 Å². The molecule has 11 heavy (non-hydrogen) atoms. The van der Waals surface area contributed by atoms with E-state index in [-0.39, 0.29) is 11.6 Å². The van der Waals surface area contributed by atoms with Crippen LogP contribution >= 0.6 is 0 Å². The van der Waals surface area contributed by atoms with Crippen LogP contribution in [0.15, 0.2) is 12.7 Å². The number of allylic oxidation sites excluding steroid dienone is 1. The molecule has 0 bridgehead atoms. The molecule has 0 saturated carbocycles. The molecule has 0 radical (unpaired) electrons. The Bertz CT molecular complexity index is 170. The van der Waals surface area contributed by atoms with Gasteiger partial charge in [-0.2, -0.15) is 0 Å². The normalized spacial score (nSPS) is 12.2. The smallest absolute Gasteiger partial charge is 0.143 e. The minimum Gasteiger partial charge on any atom is -0.299 e. The summed E-state index contributed by atoms with van der Waals surface area (Å²) in [6.07, 6.45) is 2.78. The third kappa shape index (κ3) is 3.71. The second-order valence-electron chi connectivity index (χ2n) is 2.63. The summed E-state index contributed by atoms with van der Waals surface area (Å²) < 4.78 is 0. The zero-order valence-corrected chi connectivity index (χ0v) is 7.09. The quantitative estimate of drug-likeness (QED) is 0.446. The SMILES string of the molecule is C=CCCC(=O)C(C)C(C)=O. The highest BCUT2D eigenvalue weighted by Crippen LogP contribution is 2.04. The minimum atomic E-state index is -0.435. The Hall–Kier alpha value is -0.920. The molecule has 0 aromatic heterocycles. The van der Waals surface area contributed by atoms with Crippen molar-refractivity contribution in [3.63, 3.8) is 0 Å². The summed E-state index contributed by atoms with van der Waals surface area (Å²) in [4.78, 5) is 21.8. The van der Waals surface area contributed by atoms with Crippen LogP contribution in [0.1, 0.15) is 26.7 Å². The van der Waals surface area contributed by atoms with E-state index in [1.54, 1.807) is 13.0 Å². The molecule has 0 saturated heterocycles. The highest BCUT2D eigenvalue weighted by Gasteiger charge is 2.15. The van der Waals surface area contributed by atoms with Gasteiger partial charge in [-0.15, -0.1) is 6.58 Å². The Kier molecular flexibility index (Phi) is 4.42. The van der Waals surface area contributed by atoms with Crippen LogP contribution < -0.4 is 0 Å². The topological polar surface area (TPSA) is 34.1 Å². The van der Waals surface area contributed by atoms with E-state index in [1.807, 2.05) is 0 Å². The number of carbonyl (C=O) groups excluding carboxylic acids is 2. The maximum atomic E-state index is 11.1. The number of hydrogen-bond donors (Lipinski definition) is 0. The second kappa shape index (κ2) is 4.83. The first-order valence-corrected chi connectivity index (χ1v) is 3.73. The van der Waals surface area contributed by atoms with Crippen molar-refractivity contribution in [1.82, 2.24) is 0 Å². The average Bonchev–Trinajstić information content (AvgIpc) is 1.98. The van der Waals surface area contributed by atoms with E-state index in [1.165, 1.54) is 6.92 Å². The fraction of sp³-hybridized carbons (Fsp3) is 0.556. The number of carbonyl (C=O) groups is 2. The molecule has 0 rings (SSSR count). The van der Waals surface area contributed by atoms with Crippen molar-refractivity contribution in [1.29, 1.82) is 0 Å². The molecule has 2 heteroatoms. The van der Waals surface area contributed by atoms with Crippen molar-refractivity contribution in [2.75, 3.05) is 0 Å². The zero-order valence-electron chi connectivity index (χ0n) is 7.09. The van der Waals surface area contributed by atoms with E-state index in [0.29, 0.717) is 12.8 Å². The average molecular weight is 154 g/mol. The summed E-state index contributed by atoms with van der Waals surface area (Å²) >= 11 is 0. The summed E-state index contributed by atoms with van der Waals surface area (Å²) in [5, 5.41) is 0. The van der Waals surface area contributed by atoms with Gasteiger partial charge in [-0.05, 0) is 20.3 Å². The van der Waals surface area contributed by atoms with Crippen LogP contribution in [0.25, 0.3) is 0 Å². The lowest BCUT2D eigenvalue weighted by Gasteiger charge is -2.03. The van der Waals surface area contributed by atoms with E-state index in [9.17, 15) is 9.59 Å². The Balaban J connectivity index is 3.82. The standard InChI is InChI=1S/C9H14O2/c1-4-5-6-9(11)7(2)8(3)10/h4,7H,1,5-6H2,2-3H3. The maximum absolute atomic E-state index is 11.1. The third-order valence-electron chi connectivity index (χ3n) is 1.69. The lowest BCUT2D eigenvalue weighted by Crippen LogP contribution is -2.17. The van der Waals surface area contributed by atoms with E-state index in [0.717, 1.165) is 0 Å². The van der Waals surface area contributed by atoms with Crippen LogP contribution in [-0.2, 0) is 9.59 Å². The molecule has 1 atom stereocenters. The van der Waals surface area contributed by atoms with E-state index in [2.05, 4.69) is 6.58 Å². The molecule has 0 aromatic carbocycles. The van der Waals surface area contributed by atoms with Crippen LogP contribution in [0.3, 0.4) is 0 Å². The van der Waals surface area contributed by atoms with Crippen LogP contribution in [0.4, 0.5) is 0 Å². The molecule has 0 aliphatic heterocycles. The summed E-state index contributed by atoms with van der Waals surface area (Å²) in [6, 6.07) is 0. The predicted octanol–water partition coefficient (Wildman–Crippen LogP) is 1.75. The molecule has 0 fully saturated rings. The molecule has 0 spiro atoms. The number of rotatable bonds is 5. The molecule has 0 heterocycles. The Morgan fingerprint density at radius 2 is 2.09 bits per heavy atom. The Morgan fingerprint density at radius 1 is 1.55 bits per heavy atom. The number of ketones is 2. The molecular formula is C9H14O2. The van der Waals surface area contributed by atoms with Gasteiger partial charge in [-0.1, -0.05) is 6.08 Å². The van der Waals surface area contributed by atoms with Gasteiger partial charge in [0.2, 0.25) is 0 Å². The van der Waals surface area contributed by atoms with Gasteiger partial charge >= 0.3 is 0 Å². The lowest BCUT2D eigenvalue weighted by molar-refractivity contribution is -0.130. The van der Waals surface area contributed by atoms with Gasteiger partial charge in [0.05, 0.1) is 5.92 Å². The third-order valence-corrected chi connectivity index (χ3v) is 1.69. The molecule has 0 aliphatic rings. The molecule has 0 aromatic rings.